The molecular weight excluding hydrogens is 258 g/mol. The third-order valence-corrected chi connectivity index (χ3v) is 4.11. The Morgan fingerprint density at radius 3 is 1.62 bits per heavy atom. The van der Waals surface area contributed by atoms with Crippen LogP contribution >= 0.6 is 0 Å². The summed E-state index contributed by atoms with van der Waals surface area (Å²) in [6.07, 6.45) is 5.22. The van der Waals surface area contributed by atoms with E-state index < -0.39 is 0 Å². The summed E-state index contributed by atoms with van der Waals surface area (Å²) in [5, 5.41) is 0. The predicted octanol–water partition coefficient (Wildman–Crippen LogP) is 5.36. The number of hydrogen-bond acceptors (Lipinski definition) is 1. The standard InChI is InChI=1S/C19H26N.H2O/c1-3-4-5-12-17-20(2,18-13-8-6-9-14-18)19-15-10-7-11-16-19;/h6-11,13-16H,3-5,12,17H2,1-2H3;1H2/q+1;/p-1. The lowest BCUT2D eigenvalue weighted by Crippen LogP contribution is -2.40. The van der Waals surface area contributed by atoms with Crippen LogP contribution in [0.1, 0.15) is 32.6 Å². The number of hydrogen-bond donors (Lipinski definition) is 0. The van der Waals surface area contributed by atoms with Crippen LogP contribution in [-0.4, -0.2) is 19.1 Å². The molecule has 0 bridgehead atoms. The molecule has 2 rings (SSSR count). The van der Waals surface area contributed by atoms with E-state index in [0.717, 1.165) is 11.0 Å². The molecular formula is C19H27NO. The van der Waals surface area contributed by atoms with Crippen molar-refractivity contribution in [1.82, 2.24) is 4.48 Å². The molecule has 0 saturated heterocycles. The molecule has 0 aromatic heterocycles. The Kier molecular flexibility index (Phi) is 7.13. The second kappa shape index (κ2) is 8.60. The summed E-state index contributed by atoms with van der Waals surface area (Å²) < 4.78 is 0.894. The topological polar surface area (TPSA) is 30.0 Å². The molecule has 0 aliphatic rings. The molecule has 1 N–H and O–H groups in total. The highest BCUT2D eigenvalue weighted by atomic mass is 16.0. The van der Waals surface area contributed by atoms with E-state index in [1.165, 1.54) is 37.1 Å². The average Bonchev–Trinajstić information content (AvgIpc) is 2.53. The predicted molar refractivity (Wildman–Crippen MR) is 91.2 cm³/mol. The van der Waals surface area contributed by atoms with Gasteiger partial charge in [-0.3, -0.25) is 4.48 Å². The Balaban J connectivity index is 0.00000220. The van der Waals surface area contributed by atoms with Gasteiger partial charge in [0.2, 0.25) is 0 Å². The molecule has 0 aliphatic heterocycles. The Labute approximate surface area is 128 Å². The first-order valence-electron chi connectivity index (χ1n) is 7.74. The Bertz CT molecular complexity index is 456. The molecule has 2 aromatic carbocycles. The Morgan fingerprint density at radius 2 is 1.19 bits per heavy atom. The zero-order chi connectivity index (χ0) is 14.3. The van der Waals surface area contributed by atoms with E-state index in [-0.39, 0.29) is 5.48 Å². The lowest BCUT2D eigenvalue weighted by Gasteiger charge is -2.33. The lowest BCUT2D eigenvalue weighted by molar-refractivity contribution is 0.432. The van der Waals surface area contributed by atoms with Gasteiger partial charge in [0.1, 0.15) is 11.4 Å². The molecule has 0 amide bonds. The average molecular weight is 285 g/mol. The number of benzene rings is 2. The summed E-state index contributed by atoms with van der Waals surface area (Å²) in [5.41, 5.74) is 2.74. The van der Waals surface area contributed by atoms with Gasteiger partial charge in [-0.15, -0.1) is 0 Å². The zero-order valence-corrected chi connectivity index (χ0v) is 13.2. The van der Waals surface area contributed by atoms with E-state index in [0.29, 0.717) is 0 Å². The fraction of sp³-hybridized carbons (Fsp3) is 0.368. The molecule has 2 heteroatoms. The van der Waals surface area contributed by atoms with Gasteiger partial charge in [0.15, 0.2) is 0 Å². The molecule has 2 aromatic rings. The summed E-state index contributed by atoms with van der Waals surface area (Å²) >= 11 is 0. The van der Waals surface area contributed by atoms with Gasteiger partial charge >= 0.3 is 0 Å². The maximum absolute atomic E-state index is 2.33. The van der Waals surface area contributed by atoms with Crippen molar-refractivity contribution in [2.24, 2.45) is 0 Å². The maximum Gasteiger partial charge on any atom is 0.137 e. The summed E-state index contributed by atoms with van der Waals surface area (Å²) in [6, 6.07) is 21.7. The van der Waals surface area contributed by atoms with Crippen molar-refractivity contribution in [1.29, 1.82) is 0 Å². The van der Waals surface area contributed by atoms with Gasteiger partial charge in [-0.25, -0.2) is 0 Å². The van der Waals surface area contributed by atoms with E-state index in [2.05, 4.69) is 74.6 Å². The Morgan fingerprint density at radius 1 is 0.714 bits per heavy atom. The number of para-hydroxylation sites is 2. The van der Waals surface area contributed by atoms with Crippen molar-refractivity contribution in [3.05, 3.63) is 60.7 Å². The molecule has 0 saturated carbocycles. The van der Waals surface area contributed by atoms with E-state index >= 15 is 0 Å². The van der Waals surface area contributed by atoms with Gasteiger partial charge in [0, 0.05) is 0 Å². The van der Waals surface area contributed by atoms with Crippen molar-refractivity contribution < 1.29 is 5.48 Å². The van der Waals surface area contributed by atoms with Gasteiger partial charge in [-0.2, -0.15) is 0 Å². The van der Waals surface area contributed by atoms with E-state index in [1.54, 1.807) is 0 Å². The van der Waals surface area contributed by atoms with Crippen LogP contribution in [-0.2, 0) is 0 Å². The quantitative estimate of drug-likeness (QED) is 0.497. The highest BCUT2D eigenvalue weighted by Crippen LogP contribution is 2.32. The third kappa shape index (κ3) is 4.42. The van der Waals surface area contributed by atoms with Crippen LogP contribution in [0.2, 0.25) is 0 Å². The van der Waals surface area contributed by atoms with Crippen LogP contribution in [0.3, 0.4) is 0 Å². The van der Waals surface area contributed by atoms with Gasteiger partial charge in [-0.05, 0) is 37.1 Å². The largest absolute Gasteiger partial charge is 0.870 e. The highest BCUT2D eigenvalue weighted by molar-refractivity contribution is 5.57. The van der Waals surface area contributed by atoms with E-state index in [1.807, 2.05) is 0 Å². The molecule has 21 heavy (non-hydrogen) atoms. The smallest absolute Gasteiger partial charge is 0.137 e. The summed E-state index contributed by atoms with van der Waals surface area (Å²) in [6.45, 7) is 3.43. The molecule has 0 spiro atoms. The first kappa shape index (κ1) is 17.4. The fourth-order valence-electron chi connectivity index (χ4n) is 2.78. The van der Waals surface area contributed by atoms with Crippen molar-refractivity contribution in [3.63, 3.8) is 0 Å². The minimum atomic E-state index is 0. The number of nitrogens with zero attached hydrogens (tertiary/aromatic N) is 1. The SMILES string of the molecule is CCCCCC[N+](C)(c1ccccc1)c1ccccc1.[OH-]. The van der Waals surface area contributed by atoms with Crippen LogP contribution in [0.25, 0.3) is 0 Å². The Hall–Kier alpha value is -1.64. The number of unbranched alkanes of at least 4 members (excludes halogenated alkanes) is 3. The van der Waals surface area contributed by atoms with Gasteiger partial charge in [-0.1, -0.05) is 56.2 Å². The van der Waals surface area contributed by atoms with E-state index in [9.17, 15) is 0 Å². The first-order valence-corrected chi connectivity index (χ1v) is 7.74. The van der Waals surface area contributed by atoms with Crippen molar-refractivity contribution in [3.8, 4) is 0 Å². The number of quaternary nitrogens is 1. The van der Waals surface area contributed by atoms with Crippen LogP contribution in [0, 0.1) is 0 Å². The van der Waals surface area contributed by atoms with Gasteiger partial charge < -0.3 is 5.48 Å². The zero-order valence-electron chi connectivity index (χ0n) is 13.2. The highest BCUT2D eigenvalue weighted by Gasteiger charge is 2.26. The van der Waals surface area contributed by atoms with Gasteiger partial charge in [0.05, 0.1) is 13.6 Å². The molecule has 0 unspecified atom stereocenters. The molecule has 0 aliphatic carbocycles. The molecule has 0 fully saturated rings. The van der Waals surface area contributed by atoms with Crippen LogP contribution in [0.15, 0.2) is 60.7 Å². The molecule has 114 valence electrons. The van der Waals surface area contributed by atoms with Crippen LogP contribution < -0.4 is 4.48 Å². The first-order chi connectivity index (χ1) is 9.77. The second-order valence-electron chi connectivity index (χ2n) is 5.65. The monoisotopic (exact) mass is 285 g/mol. The minimum absolute atomic E-state index is 0. The molecule has 0 heterocycles. The minimum Gasteiger partial charge on any atom is -0.870 e. The van der Waals surface area contributed by atoms with Crippen LogP contribution in [0.4, 0.5) is 11.4 Å². The molecule has 0 atom stereocenters. The van der Waals surface area contributed by atoms with Gasteiger partial charge in [0.25, 0.3) is 0 Å². The van der Waals surface area contributed by atoms with Crippen molar-refractivity contribution in [2.45, 2.75) is 32.6 Å². The second-order valence-corrected chi connectivity index (χ2v) is 5.65. The normalized spacial score (nSPS) is 11.0. The molecule has 0 radical (unpaired) electrons. The summed E-state index contributed by atoms with van der Waals surface area (Å²) in [4.78, 5) is 0. The fourth-order valence-corrected chi connectivity index (χ4v) is 2.78. The van der Waals surface area contributed by atoms with Crippen molar-refractivity contribution >= 4 is 11.4 Å². The maximum atomic E-state index is 2.33. The third-order valence-electron chi connectivity index (χ3n) is 4.11. The van der Waals surface area contributed by atoms with Crippen LogP contribution in [0.5, 0.6) is 0 Å². The molecule has 2 nitrogen and oxygen atoms in total. The van der Waals surface area contributed by atoms with Crippen molar-refractivity contribution in [2.75, 3.05) is 13.6 Å². The van der Waals surface area contributed by atoms with E-state index in [4.69, 9.17) is 0 Å². The summed E-state index contributed by atoms with van der Waals surface area (Å²) in [5.74, 6) is 0. The number of rotatable bonds is 7. The lowest BCUT2D eigenvalue weighted by atomic mass is 10.1. The summed E-state index contributed by atoms with van der Waals surface area (Å²) in [7, 11) is 2.33.